The molecule has 1 aromatic rings. The van der Waals surface area contributed by atoms with E-state index in [-0.39, 0.29) is 0 Å². The van der Waals surface area contributed by atoms with E-state index in [2.05, 4.69) is 64.3 Å². The Labute approximate surface area is 124 Å². The SMILES string of the molecule is C[C@]12CNC[C@](C)(CN(Cc3cccc(Br)c3)C1)C2. The molecule has 2 nitrogen and oxygen atoms in total. The summed E-state index contributed by atoms with van der Waals surface area (Å²) >= 11 is 3.57. The number of halogens is 1. The fourth-order valence-corrected chi connectivity index (χ4v) is 4.63. The van der Waals surface area contributed by atoms with E-state index < -0.39 is 0 Å². The van der Waals surface area contributed by atoms with Crippen LogP contribution in [0.25, 0.3) is 0 Å². The van der Waals surface area contributed by atoms with Gasteiger partial charge >= 0.3 is 0 Å². The number of fused-ring (bicyclic) bond motifs is 2. The maximum Gasteiger partial charge on any atom is 0.0234 e. The minimum atomic E-state index is 0.442. The van der Waals surface area contributed by atoms with Crippen LogP contribution in [0.1, 0.15) is 25.8 Å². The maximum absolute atomic E-state index is 3.63. The largest absolute Gasteiger partial charge is 0.316 e. The van der Waals surface area contributed by atoms with Crippen molar-refractivity contribution in [2.45, 2.75) is 26.8 Å². The highest BCUT2D eigenvalue weighted by molar-refractivity contribution is 9.10. The number of piperidine rings is 2. The van der Waals surface area contributed by atoms with Crippen molar-refractivity contribution in [2.24, 2.45) is 10.8 Å². The molecule has 0 unspecified atom stereocenters. The molecule has 2 bridgehead atoms. The lowest BCUT2D eigenvalue weighted by molar-refractivity contribution is -0.0237. The summed E-state index contributed by atoms with van der Waals surface area (Å²) in [7, 11) is 0. The van der Waals surface area contributed by atoms with Crippen molar-refractivity contribution in [3.05, 3.63) is 34.3 Å². The van der Waals surface area contributed by atoms with Crippen LogP contribution in [0, 0.1) is 10.8 Å². The van der Waals surface area contributed by atoms with Crippen molar-refractivity contribution in [2.75, 3.05) is 26.2 Å². The van der Waals surface area contributed by atoms with Crippen LogP contribution >= 0.6 is 15.9 Å². The zero-order valence-corrected chi connectivity index (χ0v) is 13.5. The smallest absolute Gasteiger partial charge is 0.0234 e. The second-order valence-corrected chi connectivity index (χ2v) is 8.09. The van der Waals surface area contributed by atoms with Crippen LogP contribution in [0.15, 0.2) is 28.7 Å². The first-order valence-corrected chi connectivity index (χ1v) is 7.93. The maximum atomic E-state index is 3.63. The zero-order valence-electron chi connectivity index (χ0n) is 11.9. The molecule has 0 aliphatic carbocycles. The summed E-state index contributed by atoms with van der Waals surface area (Å²) in [6, 6.07) is 8.71. The first-order valence-electron chi connectivity index (χ1n) is 7.14. The number of benzene rings is 1. The van der Waals surface area contributed by atoms with Crippen molar-refractivity contribution in [3.8, 4) is 0 Å². The van der Waals surface area contributed by atoms with E-state index >= 15 is 0 Å². The zero-order chi connectivity index (χ0) is 13.5. The Morgan fingerprint density at radius 2 is 1.89 bits per heavy atom. The van der Waals surface area contributed by atoms with Crippen molar-refractivity contribution < 1.29 is 0 Å². The van der Waals surface area contributed by atoms with Gasteiger partial charge in [0.2, 0.25) is 0 Å². The molecule has 2 fully saturated rings. The van der Waals surface area contributed by atoms with Crippen LogP contribution < -0.4 is 5.32 Å². The first kappa shape index (κ1) is 13.6. The van der Waals surface area contributed by atoms with E-state index in [4.69, 9.17) is 0 Å². The van der Waals surface area contributed by atoms with Crippen molar-refractivity contribution in [3.63, 3.8) is 0 Å². The van der Waals surface area contributed by atoms with Crippen LogP contribution in [0.2, 0.25) is 0 Å². The lowest BCUT2D eigenvalue weighted by Crippen LogP contribution is -2.60. The van der Waals surface area contributed by atoms with Crippen LogP contribution in [0.5, 0.6) is 0 Å². The van der Waals surface area contributed by atoms with Gasteiger partial charge in [-0.25, -0.2) is 0 Å². The Hall–Kier alpha value is -0.380. The molecule has 2 aliphatic rings. The van der Waals surface area contributed by atoms with Crippen molar-refractivity contribution in [1.82, 2.24) is 10.2 Å². The van der Waals surface area contributed by atoms with Crippen LogP contribution in [-0.4, -0.2) is 31.1 Å². The summed E-state index contributed by atoms with van der Waals surface area (Å²) in [5.41, 5.74) is 2.30. The molecule has 19 heavy (non-hydrogen) atoms. The van der Waals surface area contributed by atoms with E-state index in [9.17, 15) is 0 Å². The average molecular weight is 323 g/mol. The van der Waals surface area contributed by atoms with Gasteiger partial charge in [0, 0.05) is 37.2 Å². The fourth-order valence-electron chi connectivity index (χ4n) is 4.19. The van der Waals surface area contributed by atoms with Gasteiger partial charge in [-0.3, -0.25) is 4.90 Å². The number of nitrogens with zero attached hydrogens (tertiary/aromatic N) is 1. The molecule has 2 atom stereocenters. The van der Waals surface area contributed by atoms with Gasteiger partial charge in [0.25, 0.3) is 0 Å². The van der Waals surface area contributed by atoms with Gasteiger partial charge in [-0.1, -0.05) is 41.9 Å². The molecular weight excluding hydrogens is 300 g/mol. The Bertz CT molecular complexity index is 458. The molecule has 0 radical (unpaired) electrons. The molecule has 104 valence electrons. The van der Waals surface area contributed by atoms with Crippen molar-refractivity contribution in [1.29, 1.82) is 0 Å². The van der Waals surface area contributed by atoms with Gasteiger partial charge < -0.3 is 5.32 Å². The summed E-state index contributed by atoms with van der Waals surface area (Å²) in [4.78, 5) is 2.64. The Kier molecular flexibility index (Phi) is 3.48. The molecule has 2 heterocycles. The molecular formula is C16H23BrN2. The molecule has 0 amide bonds. The topological polar surface area (TPSA) is 15.3 Å². The highest BCUT2D eigenvalue weighted by Gasteiger charge is 2.45. The lowest BCUT2D eigenvalue weighted by Gasteiger charge is -2.54. The minimum Gasteiger partial charge on any atom is -0.316 e. The highest BCUT2D eigenvalue weighted by Crippen LogP contribution is 2.42. The summed E-state index contributed by atoms with van der Waals surface area (Å²) < 4.78 is 1.18. The molecule has 0 aromatic heterocycles. The van der Waals surface area contributed by atoms with Gasteiger partial charge in [-0.2, -0.15) is 0 Å². The fraction of sp³-hybridized carbons (Fsp3) is 0.625. The molecule has 2 saturated heterocycles. The third-order valence-corrected chi connectivity index (χ3v) is 4.96. The summed E-state index contributed by atoms with van der Waals surface area (Å²) in [6.07, 6.45) is 1.36. The van der Waals surface area contributed by atoms with Crippen LogP contribution in [-0.2, 0) is 6.54 Å². The summed E-state index contributed by atoms with van der Waals surface area (Å²) in [5.74, 6) is 0. The molecule has 0 saturated carbocycles. The first-order chi connectivity index (χ1) is 8.96. The second kappa shape index (κ2) is 4.87. The Morgan fingerprint density at radius 1 is 1.21 bits per heavy atom. The van der Waals surface area contributed by atoms with Gasteiger partial charge in [-0.15, -0.1) is 0 Å². The Morgan fingerprint density at radius 3 is 2.53 bits per heavy atom. The van der Waals surface area contributed by atoms with Gasteiger partial charge in [-0.05, 0) is 34.9 Å². The van der Waals surface area contributed by atoms with Gasteiger partial charge in [0.15, 0.2) is 0 Å². The second-order valence-electron chi connectivity index (χ2n) is 7.18. The number of hydrogen-bond acceptors (Lipinski definition) is 2. The molecule has 1 aromatic carbocycles. The van der Waals surface area contributed by atoms with E-state index in [1.54, 1.807) is 0 Å². The number of rotatable bonds is 2. The molecule has 2 aliphatic heterocycles. The molecule has 3 heteroatoms. The quantitative estimate of drug-likeness (QED) is 0.899. The van der Waals surface area contributed by atoms with E-state index in [0.29, 0.717) is 10.8 Å². The lowest BCUT2D eigenvalue weighted by atomic mass is 9.66. The predicted molar refractivity (Wildman–Crippen MR) is 83.1 cm³/mol. The molecule has 0 spiro atoms. The number of likely N-dealkylation sites (tertiary alicyclic amines) is 1. The van der Waals surface area contributed by atoms with Gasteiger partial charge in [0.05, 0.1) is 0 Å². The third-order valence-electron chi connectivity index (χ3n) is 4.46. The van der Waals surface area contributed by atoms with E-state index in [1.165, 1.54) is 29.5 Å². The Balaban J connectivity index is 1.75. The molecule has 1 N–H and O–H groups in total. The minimum absolute atomic E-state index is 0.442. The highest BCUT2D eigenvalue weighted by atomic mass is 79.9. The summed E-state index contributed by atoms with van der Waals surface area (Å²) in [5, 5.41) is 3.63. The normalized spacial score (nSPS) is 35.3. The average Bonchev–Trinajstić information content (AvgIpc) is 2.25. The number of hydrogen-bond donors (Lipinski definition) is 1. The number of nitrogens with one attached hydrogen (secondary N) is 1. The van der Waals surface area contributed by atoms with Gasteiger partial charge in [0.1, 0.15) is 0 Å². The van der Waals surface area contributed by atoms with E-state index in [1.807, 2.05) is 0 Å². The third kappa shape index (κ3) is 3.04. The van der Waals surface area contributed by atoms with E-state index in [0.717, 1.165) is 19.6 Å². The predicted octanol–water partition coefficient (Wildman–Crippen LogP) is 3.27. The summed E-state index contributed by atoms with van der Waals surface area (Å²) in [6.45, 7) is 10.7. The van der Waals surface area contributed by atoms with Crippen LogP contribution in [0.4, 0.5) is 0 Å². The van der Waals surface area contributed by atoms with Crippen LogP contribution in [0.3, 0.4) is 0 Å². The molecule has 3 rings (SSSR count). The monoisotopic (exact) mass is 322 g/mol. The standard InChI is InChI=1S/C16H23BrN2/c1-15-8-16(2,10-18-9-15)12-19(11-15)7-13-4-3-5-14(17)6-13/h3-6,18H,7-12H2,1-2H3/t15-,16+. The van der Waals surface area contributed by atoms with Crippen molar-refractivity contribution >= 4 is 15.9 Å².